The molecule has 1 amide bonds. The summed E-state index contributed by atoms with van der Waals surface area (Å²) in [7, 11) is 1.86. The van der Waals surface area contributed by atoms with E-state index >= 15 is 0 Å². The number of carbonyl (C=O) groups is 1. The van der Waals surface area contributed by atoms with E-state index in [2.05, 4.69) is 15.5 Å². The van der Waals surface area contributed by atoms with E-state index < -0.39 is 0 Å². The number of benzene rings is 1. The highest BCUT2D eigenvalue weighted by Crippen LogP contribution is 2.26. The topological polar surface area (TPSA) is 72.9 Å². The molecule has 2 heterocycles. The lowest BCUT2D eigenvalue weighted by Gasteiger charge is -2.07. The van der Waals surface area contributed by atoms with Crippen molar-refractivity contribution in [2.75, 3.05) is 5.75 Å². The molecule has 6 nitrogen and oxygen atoms in total. The number of aryl methyl sites for hydroxylation is 1. The number of nitrogens with one attached hydrogen (secondary N) is 1. The van der Waals surface area contributed by atoms with Crippen LogP contribution in [-0.2, 0) is 18.4 Å². The van der Waals surface area contributed by atoms with E-state index in [9.17, 15) is 4.79 Å². The molecular weight excluding hydrogens is 395 g/mol. The van der Waals surface area contributed by atoms with Crippen LogP contribution in [0.1, 0.15) is 11.3 Å². The molecule has 3 rings (SSSR count). The summed E-state index contributed by atoms with van der Waals surface area (Å²) in [6.07, 6.45) is 1.61. The summed E-state index contributed by atoms with van der Waals surface area (Å²) in [5.74, 6) is 1.58. The minimum atomic E-state index is -0.120. The fourth-order valence-corrected chi connectivity index (χ4v) is 3.55. The molecule has 0 bridgehead atoms. The van der Waals surface area contributed by atoms with E-state index in [-0.39, 0.29) is 11.7 Å². The van der Waals surface area contributed by atoms with Crippen molar-refractivity contribution in [3.05, 3.63) is 51.9 Å². The van der Waals surface area contributed by atoms with Gasteiger partial charge in [0.25, 0.3) is 0 Å². The average Bonchev–Trinajstić information content (AvgIpc) is 3.17. The van der Waals surface area contributed by atoms with Gasteiger partial charge in [-0.2, -0.15) is 0 Å². The van der Waals surface area contributed by atoms with Gasteiger partial charge >= 0.3 is 0 Å². The fraction of sp³-hybridized carbons (Fsp3) is 0.235. The van der Waals surface area contributed by atoms with Crippen molar-refractivity contribution in [1.29, 1.82) is 0 Å². The van der Waals surface area contributed by atoms with Crippen molar-refractivity contribution < 1.29 is 9.21 Å². The minimum absolute atomic E-state index is 0.120. The number of hydrogen-bond acceptors (Lipinski definition) is 5. The molecule has 26 heavy (non-hydrogen) atoms. The highest BCUT2D eigenvalue weighted by atomic mass is 35.5. The molecule has 0 saturated heterocycles. The van der Waals surface area contributed by atoms with Gasteiger partial charge < -0.3 is 14.3 Å². The molecule has 0 saturated carbocycles. The molecule has 0 fully saturated rings. The number of furan rings is 1. The quantitative estimate of drug-likeness (QED) is 0.619. The lowest BCUT2D eigenvalue weighted by Crippen LogP contribution is -2.24. The van der Waals surface area contributed by atoms with Crippen molar-refractivity contribution in [3.8, 4) is 11.4 Å². The Labute approximate surface area is 164 Å². The van der Waals surface area contributed by atoms with Gasteiger partial charge in [-0.1, -0.05) is 41.0 Å². The predicted molar refractivity (Wildman–Crippen MR) is 102 cm³/mol. The summed E-state index contributed by atoms with van der Waals surface area (Å²) >= 11 is 13.3. The van der Waals surface area contributed by atoms with Crippen LogP contribution in [0.25, 0.3) is 11.4 Å². The number of aromatic nitrogens is 3. The van der Waals surface area contributed by atoms with Gasteiger partial charge in [-0.25, -0.2) is 0 Å². The van der Waals surface area contributed by atoms with Gasteiger partial charge in [0.2, 0.25) is 5.91 Å². The Balaban J connectivity index is 1.57. The zero-order valence-corrected chi connectivity index (χ0v) is 16.5. The van der Waals surface area contributed by atoms with Gasteiger partial charge in [-0.15, -0.1) is 10.2 Å². The van der Waals surface area contributed by atoms with Crippen LogP contribution < -0.4 is 5.32 Å². The molecule has 2 aromatic heterocycles. The molecule has 0 spiro atoms. The molecule has 0 aliphatic carbocycles. The van der Waals surface area contributed by atoms with Crippen LogP contribution in [0.5, 0.6) is 0 Å². The second-order valence-corrected chi connectivity index (χ2v) is 7.34. The molecule has 1 aromatic carbocycles. The standard InChI is InChI=1S/C17H16Cl2N4O2S/c1-10-13(5-6-25-10)16-21-22-17(23(16)2)26-9-15(24)20-8-11-3-4-12(18)7-14(11)19/h3-7H,8-9H2,1-2H3,(H,20,24). The van der Waals surface area contributed by atoms with E-state index in [1.54, 1.807) is 24.5 Å². The zero-order chi connectivity index (χ0) is 18.7. The molecule has 0 atom stereocenters. The second kappa shape index (κ2) is 8.16. The molecule has 1 N–H and O–H groups in total. The molecular formula is C17H16Cl2N4O2S. The fourth-order valence-electron chi connectivity index (χ4n) is 2.33. The maximum absolute atomic E-state index is 12.1. The Morgan fingerprint density at radius 1 is 1.31 bits per heavy atom. The average molecular weight is 411 g/mol. The summed E-state index contributed by atoms with van der Waals surface area (Å²) < 4.78 is 7.14. The molecule has 0 aliphatic rings. The van der Waals surface area contributed by atoms with Crippen LogP contribution in [0.4, 0.5) is 0 Å². The van der Waals surface area contributed by atoms with Gasteiger partial charge in [-0.3, -0.25) is 4.79 Å². The summed E-state index contributed by atoms with van der Waals surface area (Å²) in [4.78, 5) is 12.1. The first kappa shape index (κ1) is 18.8. The summed E-state index contributed by atoms with van der Waals surface area (Å²) in [6.45, 7) is 2.21. The maximum atomic E-state index is 12.1. The molecule has 0 radical (unpaired) electrons. The minimum Gasteiger partial charge on any atom is -0.469 e. The molecule has 136 valence electrons. The SMILES string of the molecule is Cc1occc1-c1nnc(SCC(=O)NCc2ccc(Cl)cc2Cl)n1C. The normalized spacial score (nSPS) is 10.9. The van der Waals surface area contributed by atoms with Crippen LogP contribution in [0.15, 0.2) is 40.1 Å². The Kier molecular flexibility index (Phi) is 5.90. The second-order valence-electron chi connectivity index (χ2n) is 5.56. The number of thioether (sulfide) groups is 1. The summed E-state index contributed by atoms with van der Waals surface area (Å²) in [5.41, 5.74) is 1.69. The Morgan fingerprint density at radius 2 is 2.12 bits per heavy atom. The third kappa shape index (κ3) is 4.23. The van der Waals surface area contributed by atoms with E-state index in [1.807, 2.05) is 24.6 Å². The van der Waals surface area contributed by atoms with Crippen LogP contribution in [0.3, 0.4) is 0 Å². The van der Waals surface area contributed by atoms with Gasteiger partial charge in [0.15, 0.2) is 11.0 Å². The van der Waals surface area contributed by atoms with Gasteiger partial charge in [0.05, 0.1) is 17.6 Å². The number of halogens is 2. The van der Waals surface area contributed by atoms with Crippen molar-refractivity contribution in [3.63, 3.8) is 0 Å². The lowest BCUT2D eigenvalue weighted by atomic mass is 10.2. The first-order valence-electron chi connectivity index (χ1n) is 7.73. The van der Waals surface area contributed by atoms with Crippen molar-refractivity contribution >= 4 is 40.9 Å². The largest absolute Gasteiger partial charge is 0.469 e. The summed E-state index contributed by atoms with van der Waals surface area (Å²) in [5, 5.41) is 12.9. The van der Waals surface area contributed by atoms with E-state index in [0.717, 1.165) is 16.9 Å². The first-order chi connectivity index (χ1) is 12.5. The Hall–Kier alpha value is -1.96. The lowest BCUT2D eigenvalue weighted by molar-refractivity contribution is -0.118. The number of rotatable bonds is 6. The number of amides is 1. The van der Waals surface area contributed by atoms with Crippen LogP contribution in [0.2, 0.25) is 10.0 Å². The predicted octanol–water partition coefficient (Wildman–Crippen LogP) is 4.10. The molecule has 9 heteroatoms. The smallest absolute Gasteiger partial charge is 0.230 e. The van der Waals surface area contributed by atoms with Crippen molar-refractivity contribution in [2.45, 2.75) is 18.6 Å². The van der Waals surface area contributed by atoms with Crippen molar-refractivity contribution in [1.82, 2.24) is 20.1 Å². The van der Waals surface area contributed by atoms with Gasteiger partial charge in [0.1, 0.15) is 5.76 Å². The third-order valence-electron chi connectivity index (χ3n) is 3.76. The van der Waals surface area contributed by atoms with Gasteiger partial charge in [0, 0.05) is 23.6 Å². The monoisotopic (exact) mass is 410 g/mol. The van der Waals surface area contributed by atoms with E-state index in [0.29, 0.717) is 27.6 Å². The zero-order valence-electron chi connectivity index (χ0n) is 14.1. The van der Waals surface area contributed by atoms with Gasteiger partial charge in [-0.05, 0) is 30.7 Å². The third-order valence-corrected chi connectivity index (χ3v) is 5.37. The molecule has 0 unspecified atom stereocenters. The van der Waals surface area contributed by atoms with E-state index in [4.69, 9.17) is 27.6 Å². The molecule has 0 aliphatic heterocycles. The molecule has 3 aromatic rings. The first-order valence-corrected chi connectivity index (χ1v) is 9.47. The van der Waals surface area contributed by atoms with Crippen LogP contribution in [0, 0.1) is 6.92 Å². The van der Waals surface area contributed by atoms with Crippen LogP contribution >= 0.6 is 35.0 Å². The Morgan fingerprint density at radius 3 is 2.81 bits per heavy atom. The summed E-state index contributed by atoms with van der Waals surface area (Å²) in [6, 6.07) is 7.03. The maximum Gasteiger partial charge on any atom is 0.230 e. The highest BCUT2D eigenvalue weighted by Gasteiger charge is 2.15. The number of hydrogen-bond donors (Lipinski definition) is 1. The van der Waals surface area contributed by atoms with E-state index in [1.165, 1.54) is 11.8 Å². The number of carbonyl (C=O) groups excluding carboxylic acids is 1. The number of nitrogens with zero attached hydrogens (tertiary/aromatic N) is 3. The van der Waals surface area contributed by atoms with Crippen LogP contribution in [-0.4, -0.2) is 26.4 Å². The van der Waals surface area contributed by atoms with Crippen molar-refractivity contribution in [2.24, 2.45) is 7.05 Å². The Bertz CT molecular complexity index is 939. The highest BCUT2D eigenvalue weighted by molar-refractivity contribution is 7.99.